The first-order valence-electron chi connectivity index (χ1n) is 21.6. The number of likely N-dealkylation sites (tertiary alicyclic amines) is 2. The Hall–Kier alpha value is -6.12. The molecule has 0 radical (unpaired) electrons. The fourth-order valence-electron chi connectivity index (χ4n) is 9.54. The summed E-state index contributed by atoms with van der Waals surface area (Å²) in [7, 11) is 1.30. The van der Waals surface area contributed by atoms with E-state index in [4.69, 9.17) is 19.4 Å². The standard InChI is InChI=1S/C46H56N8O7/c1-8-23(3)38(51-45(57)58)43(55)54-26(6)11-17-36(54)42-48-33-15-13-27-19-32-30-14-12-28(18-29(30)22-61-37(32)20-31(27)40(33)50-42)34-21-47-41(49-34)35-16-10-25(5)53(35)44(56)39(24(4)9-2)52-46(59)60-7/h12-15,18-21,23-26,35-36,38-39,51H,8-11,16-17,22H2,1-7H3,(H,47,49)(H,48,50)(H,52,59)(H,57,58)/t23-,24-,25-,26-,35-,36-,38-,39-/m0/s1. The predicted molar refractivity (Wildman–Crippen MR) is 231 cm³/mol. The summed E-state index contributed by atoms with van der Waals surface area (Å²) in [6, 6.07) is 12.4. The molecule has 8 atom stereocenters. The second-order valence-electron chi connectivity index (χ2n) is 17.2. The number of carbonyl (C=O) groups is 4. The fourth-order valence-corrected chi connectivity index (χ4v) is 9.54. The molecule has 5 N–H and O–H groups in total. The summed E-state index contributed by atoms with van der Waals surface area (Å²) in [5.41, 5.74) is 6.53. The maximum Gasteiger partial charge on any atom is 0.407 e. The summed E-state index contributed by atoms with van der Waals surface area (Å²) in [4.78, 5) is 72.4. The van der Waals surface area contributed by atoms with Crippen molar-refractivity contribution in [2.75, 3.05) is 7.11 Å². The van der Waals surface area contributed by atoms with Gasteiger partial charge in [0.2, 0.25) is 11.8 Å². The predicted octanol–water partition coefficient (Wildman–Crippen LogP) is 8.22. The highest BCUT2D eigenvalue weighted by atomic mass is 16.5. The summed E-state index contributed by atoms with van der Waals surface area (Å²) in [5, 5.41) is 16.8. The smallest absolute Gasteiger partial charge is 0.407 e. The number of nitrogens with zero attached hydrogens (tertiary/aromatic N) is 4. The Balaban J connectivity index is 1.05. The molecule has 2 aromatic heterocycles. The molecule has 5 aromatic rings. The van der Waals surface area contributed by atoms with Gasteiger partial charge >= 0.3 is 12.2 Å². The number of H-pyrrole nitrogens is 2. The van der Waals surface area contributed by atoms with Crippen LogP contribution in [0.4, 0.5) is 9.59 Å². The van der Waals surface area contributed by atoms with Crippen LogP contribution in [0.25, 0.3) is 44.2 Å². The minimum atomic E-state index is -1.21. The van der Waals surface area contributed by atoms with Crippen LogP contribution < -0.4 is 15.4 Å². The van der Waals surface area contributed by atoms with Gasteiger partial charge in [-0.05, 0) is 97.7 Å². The minimum Gasteiger partial charge on any atom is -0.488 e. The third-order valence-corrected chi connectivity index (χ3v) is 13.5. The van der Waals surface area contributed by atoms with Crippen LogP contribution in [-0.4, -0.2) is 90.1 Å². The van der Waals surface area contributed by atoms with Crippen LogP contribution in [0.2, 0.25) is 0 Å². The van der Waals surface area contributed by atoms with Gasteiger partial charge in [-0.2, -0.15) is 0 Å². The van der Waals surface area contributed by atoms with E-state index >= 15 is 0 Å². The minimum absolute atomic E-state index is 0.0188. The van der Waals surface area contributed by atoms with Gasteiger partial charge in [0.1, 0.15) is 36.1 Å². The second-order valence-corrected chi connectivity index (χ2v) is 17.2. The van der Waals surface area contributed by atoms with Crippen molar-refractivity contribution >= 4 is 45.8 Å². The molecule has 0 saturated carbocycles. The maximum atomic E-state index is 14.0. The summed E-state index contributed by atoms with van der Waals surface area (Å²) < 4.78 is 11.3. The van der Waals surface area contributed by atoms with Gasteiger partial charge in [-0.1, -0.05) is 58.7 Å². The highest BCUT2D eigenvalue weighted by Crippen LogP contribution is 2.44. The quantitative estimate of drug-likeness (QED) is 0.0872. The molecule has 5 heterocycles. The molecule has 0 bridgehead atoms. The summed E-state index contributed by atoms with van der Waals surface area (Å²) in [5.74, 6) is 1.55. The number of rotatable bonds is 11. The molecular formula is C46H56N8O7. The second kappa shape index (κ2) is 16.7. The van der Waals surface area contributed by atoms with Crippen molar-refractivity contribution in [3.63, 3.8) is 0 Å². The lowest BCUT2D eigenvalue weighted by Crippen LogP contribution is -2.53. The lowest BCUT2D eigenvalue weighted by atomic mass is 9.92. The number of aromatic amines is 2. The number of benzene rings is 3. The summed E-state index contributed by atoms with van der Waals surface area (Å²) in [6.45, 7) is 12.2. The van der Waals surface area contributed by atoms with Crippen LogP contribution in [0.15, 0.2) is 48.7 Å². The van der Waals surface area contributed by atoms with E-state index in [1.807, 2.05) is 63.6 Å². The number of amides is 4. The monoisotopic (exact) mass is 832 g/mol. The highest BCUT2D eigenvalue weighted by Gasteiger charge is 2.43. The number of carboxylic acid groups (broad SMARTS) is 1. The van der Waals surface area contributed by atoms with E-state index in [0.717, 1.165) is 87.6 Å². The average molecular weight is 833 g/mol. The number of fused-ring (bicyclic) bond motifs is 6. The third kappa shape index (κ3) is 7.63. The zero-order valence-corrected chi connectivity index (χ0v) is 35.9. The third-order valence-electron chi connectivity index (χ3n) is 13.5. The van der Waals surface area contributed by atoms with E-state index in [9.17, 15) is 24.3 Å². The van der Waals surface area contributed by atoms with Crippen molar-refractivity contribution in [3.05, 3.63) is 65.9 Å². The van der Waals surface area contributed by atoms with Gasteiger partial charge in [-0.3, -0.25) is 9.59 Å². The Morgan fingerprint density at radius 1 is 0.852 bits per heavy atom. The lowest BCUT2D eigenvalue weighted by molar-refractivity contribution is -0.138. The molecule has 2 saturated heterocycles. The van der Waals surface area contributed by atoms with Gasteiger partial charge in [0, 0.05) is 23.0 Å². The van der Waals surface area contributed by atoms with E-state index in [1.165, 1.54) is 7.11 Å². The number of aromatic nitrogens is 4. The van der Waals surface area contributed by atoms with Gasteiger partial charge in [-0.25, -0.2) is 19.6 Å². The molecule has 61 heavy (non-hydrogen) atoms. The molecule has 3 aromatic carbocycles. The first kappa shape index (κ1) is 41.6. The van der Waals surface area contributed by atoms with Crippen molar-refractivity contribution in [1.29, 1.82) is 0 Å². The number of imidazole rings is 2. The van der Waals surface area contributed by atoms with Crippen LogP contribution in [-0.2, 0) is 20.9 Å². The number of hydrogen-bond donors (Lipinski definition) is 5. The van der Waals surface area contributed by atoms with E-state index in [1.54, 1.807) is 0 Å². The van der Waals surface area contributed by atoms with E-state index in [-0.39, 0.29) is 47.8 Å². The summed E-state index contributed by atoms with van der Waals surface area (Å²) >= 11 is 0. The Kier molecular flexibility index (Phi) is 11.4. The van der Waals surface area contributed by atoms with Crippen LogP contribution in [0, 0.1) is 11.8 Å². The molecule has 0 aliphatic carbocycles. The zero-order valence-electron chi connectivity index (χ0n) is 35.9. The number of alkyl carbamates (subject to hydrolysis) is 1. The number of ether oxygens (including phenoxy) is 2. The van der Waals surface area contributed by atoms with Gasteiger partial charge in [0.25, 0.3) is 0 Å². The maximum absolute atomic E-state index is 14.0. The normalized spacial score (nSPS) is 21.6. The van der Waals surface area contributed by atoms with Gasteiger partial charge in [0.15, 0.2) is 0 Å². The summed E-state index contributed by atoms with van der Waals surface area (Å²) in [6.07, 6.45) is 4.44. The number of carbonyl (C=O) groups excluding carboxylic acids is 3. The first-order valence-corrected chi connectivity index (χ1v) is 21.6. The average Bonchev–Trinajstić information content (AvgIpc) is 4.08. The molecule has 2 fully saturated rings. The Morgan fingerprint density at radius 3 is 2.15 bits per heavy atom. The van der Waals surface area contributed by atoms with Crippen molar-refractivity contribution in [3.8, 4) is 28.1 Å². The van der Waals surface area contributed by atoms with Crippen molar-refractivity contribution in [1.82, 2.24) is 40.4 Å². The molecule has 0 spiro atoms. The molecule has 8 rings (SSSR count). The zero-order chi connectivity index (χ0) is 43.3. The SMILES string of the molecule is CC[C@H](C)[C@H](NC(=O)OC)C(=O)N1[C@@H](C)CC[C@H]1c1ncc(-c2ccc3c(c2)COc2cc4c(ccc5nc([C@@H]6CC[C@H](C)N6C(=O)[C@@H](NC(=O)O)[C@@H](C)CC)[nH]c54)cc2-3)[nH]1. The van der Waals surface area contributed by atoms with Gasteiger partial charge in [-0.15, -0.1) is 0 Å². The molecule has 0 unspecified atom stereocenters. The molecule has 15 heteroatoms. The van der Waals surface area contributed by atoms with Gasteiger partial charge in [0.05, 0.1) is 42.1 Å². The molecule has 3 aliphatic heterocycles. The van der Waals surface area contributed by atoms with Crippen molar-refractivity contribution < 1.29 is 33.8 Å². The largest absolute Gasteiger partial charge is 0.488 e. The Bertz CT molecular complexity index is 2500. The number of methoxy groups -OCH3 is 1. The molecule has 4 amide bonds. The molecule has 15 nitrogen and oxygen atoms in total. The number of nitrogens with one attached hydrogen (secondary N) is 4. The van der Waals surface area contributed by atoms with Crippen molar-refractivity contribution in [2.24, 2.45) is 11.8 Å². The van der Waals surface area contributed by atoms with Crippen LogP contribution in [0.3, 0.4) is 0 Å². The van der Waals surface area contributed by atoms with Crippen molar-refractivity contribution in [2.45, 2.75) is 123 Å². The van der Waals surface area contributed by atoms with Gasteiger partial charge < -0.3 is 45.0 Å². The molecule has 322 valence electrons. The van der Waals surface area contributed by atoms with Crippen LogP contribution in [0.5, 0.6) is 5.75 Å². The first-order chi connectivity index (χ1) is 29.3. The van der Waals surface area contributed by atoms with E-state index < -0.39 is 24.3 Å². The van der Waals surface area contributed by atoms with Crippen LogP contribution in [0.1, 0.15) is 109 Å². The Labute approximate surface area is 355 Å². The molecule has 3 aliphatic rings. The van der Waals surface area contributed by atoms with E-state index in [2.05, 4.69) is 57.0 Å². The molecular weight excluding hydrogens is 777 g/mol. The van der Waals surface area contributed by atoms with Crippen LogP contribution >= 0.6 is 0 Å². The fraction of sp³-hybridized carbons (Fsp3) is 0.478. The van der Waals surface area contributed by atoms with E-state index in [0.29, 0.717) is 24.7 Å². The number of hydrogen-bond acceptors (Lipinski definition) is 8. The highest BCUT2D eigenvalue weighted by molar-refractivity contribution is 6.07. The topological polar surface area (TPSA) is 195 Å². The Morgan fingerprint density at radius 2 is 1.51 bits per heavy atom. The lowest BCUT2D eigenvalue weighted by Gasteiger charge is -2.33.